The van der Waals surface area contributed by atoms with Crippen LogP contribution in [0.2, 0.25) is 0 Å². The Morgan fingerprint density at radius 1 is 1.16 bits per heavy atom. The summed E-state index contributed by atoms with van der Waals surface area (Å²) in [6, 6.07) is 6.63. The minimum atomic E-state index is -3.62. The van der Waals surface area contributed by atoms with Crippen molar-refractivity contribution in [1.29, 1.82) is 0 Å². The van der Waals surface area contributed by atoms with Gasteiger partial charge in [-0.1, -0.05) is 0 Å². The summed E-state index contributed by atoms with van der Waals surface area (Å²) < 4.78 is 38.5. The van der Waals surface area contributed by atoms with E-state index in [-0.39, 0.29) is 17.4 Å². The second-order valence-corrected chi connectivity index (χ2v) is 8.30. The molecule has 1 atom stereocenters. The number of aliphatic hydroxyl groups excluding tert-OH is 1. The fourth-order valence-electron chi connectivity index (χ4n) is 2.78. The van der Waals surface area contributed by atoms with Crippen LogP contribution in [0.3, 0.4) is 0 Å². The Bertz CT molecular complexity index is 789. The summed E-state index contributed by atoms with van der Waals surface area (Å²) in [5, 5.41) is 13.2. The zero-order valence-corrected chi connectivity index (χ0v) is 15.3. The number of hydrogen-bond donors (Lipinski definition) is 2. The van der Waals surface area contributed by atoms with Crippen LogP contribution in [-0.2, 0) is 10.0 Å². The number of fused-ring (bicyclic) bond motifs is 1. The molecule has 6 nitrogen and oxygen atoms in total. The second-order valence-electron chi connectivity index (χ2n) is 5.76. The molecule has 0 aliphatic carbocycles. The topological polar surface area (TPSA) is 84.9 Å². The first kappa shape index (κ1) is 18.2. The van der Waals surface area contributed by atoms with Crippen LogP contribution >= 0.6 is 11.3 Å². The minimum Gasteiger partial charge on any atom is -0.486 e. The van der Waals surface area contributed by atoms with Crippen LogP contribution in [0.5, 0.6) is 11.5 Å². The summed E-state index contributed by atoms with van der Waals surface area (Å²) in [6.45, 7) is 1.26. The highest BCUT2D eigenvalue weighted by Gasteiger charge is 2.20. The molecule has 136 valence electrons. The summed E-state index contributed by atoms with van der Waals surface area (Å²) in [5.41, 5.74) is 1.14. The van der Waals surface area contributed by atoms with E-state index >= 15 is 0 Å². The van der Waals surface area contributed by atoms with E-state index in [1.54, 1.807) is 17.4 Å². The predicted octanol–water partition coefficient (Wildman–Crippen LogP) is 2.35. The highest BCUT2D eigenvalue weighted by molar-refractivity contribution is 7.89. The molecular formula is C17H21NO5S2. The largest absolute Gasteiger partial charge is 0.486 e. The highest BCUT2D eigenvalue weighted by Crippen LogP contribution is 2.32. The Kier molecular flexibility index (Phi) is 5.95. The standard InChI is InChI=1S/C17H21NO5S2/c19-7-4-13(14-5-10-24-12-14)3-6-18-25(20,21)15-1-2-16-17(11-15)23-9-8-22-16/h1-2,5,10-13,18-19H,3-4,6-9H2. The average molecular weight is 383 g/mol. The fraction of sp³-hybridized carbons (Fsp3) is 0.412. The van der Waals surface area contributed by atoms with Gasteiger partial charge in [0.2, 0.25) is 10.0 Å². The average Bonchev–Trinajstić information content (AvgIpc) is 3.15. The lowest BCUT2D eigenvalue weighted by molar-refractivity contribution is 0.171. The molecule has 1 aromatic heterocycles. The van der Waals surface area contributed by atoms with E-state index in [0.717, 1.165) is 5.56 Å². The molecule has 0 saturated heterocycles. The van der Waals surface area contributed by atoms with Gasteiger partial charge < -0.3 is 14.6 Å². The van der Waals surface area contributed by atoms with E-state index < -0.39 is 10.0 Å². The lowest BCUT2D eigenvalue weighted by Crippen LogP contribution is -2.26. The molecule has 0 saturated carbocycles. The monoisotopic (exact) mass is 383 g/mol. The van der Waals surface area contributed by atoms with Gasteiger partial charge in [0.25, 0.3) is 0 Å². The zero-order chi connectivity index (χ0) is 17.7. The van der Waals surface area contributed by atoms with Crippen molar-refractivity contribution in [3.05, 3.63) is 40.6 Å². The predicted molar refractivity (Wildman–Crippen MR) is 96.0 cm³/mol. The molecule has 0 amide bonds. The van der Waals surface area contributed by atoms with E-state index in [2.05, 4.69) is 4.72 Å². The van der Waals surface area contributed by atoms with Gasteiger partial charge in [-0.2, -0.15) is 11.3 Å². The molecule has 2 aromatic rings. The van der Waals surface area contributed by atoms with Crippen molar-refractivity contribution in [1.82, 2.24) is 4.72 Å². The van der Waals surface area contributed by atoms with Gasteiger partial charge in [-0.3, -0.25) is 0 Å². The smallest absolute Gasteiger partial charge is 0.240 e. The molecule has 1 aromatic carbocycles. The van der Waals surface area contributed by atoms with E-state index in [4.69, 9.17) is 9.47 Å². The summed E-state index contributed by atoms with van der Waals surface area (Å²) in [4.78, 5) is 0.158. The first-order chi connectivity index (χ1) is 12.1. The molecule has 1 aliphatic rings. The molecule has 1 aliphatic heterocycles. The molecule has 3 rings (SSSR count). The van der Waals surface area contributed by atoms with Crippen molar-refractivity contribution in [2.45, 2.75) is 23.7 Å². The molecular weight excluding hydrogens is 362 g/mol. The SMILES string of the molecule is O=S(=O)(NCCC(CCO)c1ccsc1)c1ccc2c(c1)OCCO2. The Labute approximate surface area is 151 Å². The third-order valence-corrected chi connectivity index (χ3v) is 6.26. The maximum Gasteiger partial charge on any atom is 0.240 e. The van der Waals surface area contributed by atoms with Gasteiger partial charge in [0.05, 0.1) is 4.90 Å². The van der Waals surface area contributed by atoms with Gasteiger partial charge in [0, 0.05) is 19.2 Å². The Morgan fingerprint density at radius 3 is 2.68 bits per heavy atom. The molecule has 25 heavy (non-hydrogen) atoms. The number of aliphatic hydroxyl groups is 1. The zero-order valence-electron chi connectivity index (χ0n) is 13.7. The minimum absolute atomic E-state index is 0.0788. The van der Waals surface area contributed by atoms with Crippen molar-refractivity contribution in [2.24, 2.45) is 0 Å². The molecule has 2 N–H and O–H groups in total. The van der Waals surface area contributed by atoms with Gasteiger partial charge in [0.15, 0.2) is 11.5 Å². The third kappa shape index (κ3) is 4.52. The van der Waals surface area contributed by atoms with Crippen LogP contribution in [0.1, 0.15) is 24.3 Å². The van der Waals surface area contributed by atoms with E-state index in [0.29, 0.717) is 44.1 Å². The number of rotatable bonds is 8. The molecule has 2 heterocycles. The molecule has 0 bridgehead atoms. The van der Waals surface area contributed by atoms with Gasteiger partial charge in [0.1, 0.15) is 13.2 Å². The van der Waals surface area contributed by atoms with Gasteiger partial charge in [-0.25, -0.2) is 13.1 Å². The van der Waals surface area contributed by atoms with E-state index in [1.165, 1.54) is 12.1 Å². The van der Waals surface area contributed by atoms with Crippen molar-refractivity contribution in [3.8, 4) is 11.5 Å². The van der Waals surface area contributed by atoms with Crippen LogP contribution in [0.15, 0.2) is 39.9 Å². The van der Waals surface area contributed by atoms with Crippen molar-refractivity contribution in [3.63, 3.8) is 0 Å². The number of hydrogen-bond acceptors (Lipinski definition) is 6. The number of thiophene rings is 1. The van der Waals surface area contributed by atoms with Crippen molar-refractivity contribution >= 4 is 21.4 Å². The molecule has 1 unspecified atom stereocenters. The first-order valence-electron chi connectivity index (χ1n) is 8.12. The Hall–Kier alpha value is -1.61. The summed E-state index contributed by atoms with van der Waals surface area (Å²) in [6.07, 6.45) is 1.24. The summed E-state index contributed by atoms with van der Waals surface area (Å²) in [7, 11) is -3.62. The van der Waals surface area contributed by atoms with Gasteiger partial charge >= 0.3 is 0 Å². The summed E-state index contributed by atoms with van der Waals surface area (Å²) in [5.74, 6) is 1.15. The Balaban J connectivity index is 1.63. The molecule has 0 spiro atoms. The number of benzene rings is 1. The quantitative estimate of drug-likeness (QED) is 0.731. The number of nitrogens with one attached hydrogen (secondary N) is 1. The van der Waals surface area contributed by atoms with Crippen LogP contribution in [0, 0.1) is 0 Å². The van der Waals surface area contributed by atoms with Crippen molar-refractivity contribution in [2.75, 3.05) is 26.4 Å². The lowest BCUT2D eigenvalue weighted by Gasteiger charge is -2.19. The fourth-order valence-corrected chi connectivity index (χ4v) is 4.59. The third-order valence-electron chi connectivity index (χ3n) is 4.10. The maximum atomic E-state index is 12.5. The first-order valence-corrected chi connectivity index (χ1v) is 10.5. The molecule has 0 radical (unpaired) electrons. The van der Waals surface area contributed by atoms with E-state index in [1.807, 2.05) is 16.8 Å². The number of sulfonamides is 1. The lowest BCUT2D eigenvalue weighted by atomic mass is 9.95. The molecule has 8 heteroatoms. The number of ether oxygens (including phenoxy) is 2. The van der Waals surface area contributed by atoms with Crippen molar-refractivity contribution < 1.29 is 23.0 Å². The van der Waals surface area contributed by atoms with Crippen LogP contribution in [-0.4, -0.2) is 39.9 Å². The maximum absolute atomic E-state index is 12.5. The van der Waals surface area contributed by atoms with Crippen LogP contribution in [0.25, 0.3) is 0 Å². The van der Waals surface area contributed by atoms with E-state index in [9.17, 15) is 13.5 Å². The van der Waals surface area contributed by atoms with Gasteiger partial charge in [-0.15, -0.1) is 0 Å². The van der Waals surface area contributed by atoms with Gasteiger partial charge in [-0.05, 0) is 53.3 Å². The highest BCUT2D eigenvalue weighted by atomic mass is 32.2. The van der Waals surface area contributed by atoms with Crippen LogP contribution < -0.4 is 14.2 Å². The Morgan fingerprint density at radius 2 is 1.96 bits per heavy atom. The second kappa shape index (κ2) is 8.18. The normalized spacial score (nSPS) is 15.1. The van der Waals surface area contributed by atoms with Crippen LogP contribution in [0.4, 0.5) is 0 Å². The summed E-state index contributed by atoms with van der Waals surface area (Å²) >= 11 is 1.60. The molecule has 0 fully saturated rings.